The number of benzene rings is 2. The monoisotopic (exact) mass is 384 g/mol. The van der Waals surface area contributed by atoms with Crippen LogP contribution in [0.4, 0.5) is 4.39 Å². The van der Waals surface area contributed by atoms with Gasteiger partial charge in [0.15, 0.2) is 0 Å². The fourth-order valence-corrected chi connectivity index (χ4v) is 3.17. The van der Waals surface area contributed by atoms with Crippen LogP contribution < -0.4 is 5.32 Å². The summed E-state index contributed by atoms with van der Waals surface area (Å²) in [5.41, 5.74) is 1.44. The Morgan fingerprint density at radius 1 is 1.04 bits per heavy atom. The third kappa shape index (κ3) is 6.19. The summed E-state index contributed by atoms with van der Waals surface area (Å²) in [6, 6.07) is 15.6. The number of halogens is 1. The number of hydrogen-bond acceptors (Lipinski definition) is 2. The van der Waals surface area contributed by atoms with E-state index in [0.29, 0.717) is 31.5 Å². The molecule has 2 aromatic carbocycles. The summed E-state index contributed by atoms with van der Waals surface area (Å²) in [6.45, 7) is 4.86. The molecule has 0 aliphatic rings. The van der Waals surface area contributed by atoms with E-state index in [1.165, 1.54) is 6.07 Å². The molecule has 0 unspecified atom stereocenters. The van der Waals surface area contributed by atoms with Crippen molar-refractivity contribution in [1.29, 1.82) is 0 Å². The number of carbonyl (C=O) groups is 2. The van der Waals surface area contributed by atoms with Crippen molar-refractivity contribution >= 4 is 11.8 Å². The Hall–Kier alpha value is -2.69. The first kappa shape index (κ1) is 21.6. The second-order valence-electron chi connectivity index (χ2n) is 6.81. The summed E-state index contributed by atoms with van der Waals surface area (Å²) in [4.78, 5) is 27.3. The lowest BCUT2D eigenvalue weighted by Gasteiger charge is -2.30. The molecular formula is C23H29FN2O2. The molecule has 4 nitrogen and oxygen atoms in total. The Morgan fingerprint density at radius 2 is 1.71 bits per heavy atom. The minimum absolute atomic E-state index is 0.0565. The van der Waals surface area contributed by atoms with Gasteiger partial charge in [0.1, 0.15) is 11.9 Å². The smallest absolute Gasteiger partial charge is 0.242 e. The van der Waals surface area contributed by atoms with Gasteiger partial charge >= 0.3 is 0 Å². The van der Waals surface area contributed by atoms with Crippen LogP contribution in [-0.2, 0) is 22.4 Å². The molecule has 0 spiro atoms. The van der Waals surface area contributed by atoms with E-state index in [1.807, 2.05) is 44.2 Å². The van der Waals surface area contributed by atoms with Gasteiger partial charge in [-0.15, -0.1) is 0 Å². The highest BCUT2D eigenvalue weighted by Crippen LogP contribution is 2.14. The molecule has 0 saturated carbocycles. The number of nitrogens with zero attached hydrogens (tertiary/aromatic N) is 1. The fraction of sp³-hybridized carbons (Fsp3) is 0.391. The highest BCUT2D eigenvalue weighted by molar-refractivity contribution is 5.88. The lowest BCUT2D eigenvalue weighted by atomic mass is 10.1. The SMILES string of the molecule is CCCNC(=O)[C@H](CC)N(CCc1ccccc1)C(=O)Cc1ccccc1F. The van der Waals surface area contributed by atoms with Gasteiger partial charge in [-0.2, -0.15) is 0 Å². The lowest BCUT2D eigenvalue weighted by molar-refractivity contribution is -0.140. The maximum Gasteiger partial charge on any atom is 0.242 e. The van der Waals surface area contributed by atoms with Gasteiger partial charge in [-0.3, -0.25) is 9.59 Å². The van der Waals surface area contributed by atoms with Crippen molar-refractivity contribution in [2.24, 2.45) is 0 Å². The van der Waals surface area contributed by atoms with Crippen LogP contribution in [0.5, 0.6) is 0 Å². The molecular weight excluding hydrogens is 355 g/mol. The van der Waals surface area contributed by atoms with Crippen molar-refractivity contribution in [3.63, 3.8) is 0 Å². The molecule has 0 aliphatic heterocycles. The highest BCUT2D eigenvalue weighted by Gasteiger charge is 2.28. The molecule has 5 heteroatoms. The van der Waals surface area contributed by atoms with Gasteiger partial charge in [0.25, 0.3) is 0 Å². The summed E-state index contributed by atoms with van der Waals surface area (Å²) in [7, 11) is 0. The van der Waals surface area contributed by atoms with Gasteiger partial charge in [0.05, 0.1) is 6.42 Å². The van der Waals surface area contributed by atoms with E-state index in [9.17, 15) is 14.0 Å². The van der Waals surface area contributed by atoms with Crippen molar-refractivity contribution < 1.29 is 14.0 Å². The van der Waals surface area contributed by atoms with Crippen LogP contribution in [0.1, 0.15) is 37.8 Å². The van der Waals surface area contributed by atoms with E-state index in [-0.39, 0.29) is 18.2 Å². The molecule has 150 valence electrons. The Balaban J connectivity index is 2.19. The predicted octanol–water partition coefficient (Wildman–Crippen LogP) is 3.74. The molecule has 2 aromatic rings. The largest absolute Gasteiger partial charge is 0.354 e. The molecule has 28 heavy (non-hydrogen) atoms. The minimum atomic E-state index is -0.561. The zero-order chi connectivity index (χ0) is 20.4. The average molecular weight is 384 g/mol. The van der Waals surface area contributed by atoms with E-state index in [2.05, 4.69) is 5.32 Å². The van der Waals surface area contributed by atoms with Crippen molar-refractivity contribution in [1.82, 2.24) is 10.2 Å². The van der Waals surface area contributed by atoms with Crippen LogP contribution in [0.25, 0.3) is 0 Å². The predicted molar refractivity (Wildman–Crippen MR) is 109 cm³/mol. The number of nitrogens with one attached hydrogen (secondary N) is 1. The summed E-state index contributed by atoms with van der Waals surface area (Å²) in [6.07, 6.45) is 1.92. The summed E-state index contributed by atoms with van der Waals surface area (Å²) in [5, 5.41) is 2.89. The van der Waals surface area contributed by atoms with Crippen LogP contribution >= 0.6 is 0 Å². The number of hydrogen-bond donors (Lipinski definition) is 1. The maximum absolute atomic E-state index is 14.0. The second kappa shape index (κ2) is 11.2. The first-order valence-electron chi connectivity index (χ1n) is 9.91. The van der Waals surface area contributed by atoms with Crippen LogP contribution in [-0.4, -0.2) is 35.8 Å². The molecule has 0 fully saturated rings. The van der Waals surface area contributed by atoms with Crippen LogP contribution in [0.15, 0.2) is 54.6 Å². The van der Waals surface area contributed by atoms with Gasteiger partial charge in [-0.25, -0.2) is 4.39 Å². The van der Waals surface area contributed by atoms with Gasteiger partial charge in [-0.1, -0.05) is 62.4 Å². The molecule has 0 heterocycles. The van der Waals surface area contributed by atoms with Gasteiger partial charge in [0.2, 0.25) is 11.8 Å². The Morgan fingerprint density at radius 3 is 2.36 bits per heavy atom. The topological polar surface area (TPSA) is 49.4 Å². The van der Waals surface area contributed by atoms with Crippen molar-refractivity contribution in [3.05, 3.63) is 71.5 Å². The van der Waals surface area contributed by atoms with E-state index < -0.39 is 11.9 Å². The molecule has 0 aliphatic carbocycles. The van der Waals surface area contributed by atoms with E-state index in [0.717, 1.165) is 12.0 Å². The minimum Gasteiger partial charge on any atom is -0.354 e. The first-order chi connectivity index (χ1) is 13.6. The zero-order valence-corrected chi connectivity index (χ0v) is 16.7. The lowest BCUT2D eigenvalue weighted by Crippen LogP contribution is -2.50. The Kier molecular flexibility index (Phi) is 8.66. The molecule has 0 saturated heterocycles. The van der Waals surface area contributed by atoms with E-state index in [4.69, 9.17) is 0 Å². The molecule has 2 rings (SSSR count). The molecule has 0 aromatic heterocycles. The van der Waals surface area contributed by atoms with Crippen LogP contribution in [0, 0.1) is 5.82 Å². The standard InChI is InChI=1S/C23H29FN2O2/c1-3-15-25-23(28)21(4-2)26(16-14-18-10-6-5-7-11-18)22(27)17-19-12-8-9-13-20(19)24/h5-13,21H,3-4,14-17H2,1-2H3,(H,25,28)/t21-/m0/s1. The maximum atomic E-state index is 14.0. The van der Waals surface area contributed by atoms with Gasteiger partial charge in [-0.05, 0) is 36.5 Å². The quantitative estimate of drug-likeness (QED) is 0.678. The Labute approximate surface area is 166 Å². The normalized spacial score (nSPS) is 11.7. The highest BCUT2D eigenvalue weighted by atomic mass is 19.1. The summed E-state index contributed by atoms with van der Waals surface area (Å²) in [5.74, 6) is -0.791. The van der Waals surface area contributed by atoms with Crippen molar-refractivity contribution in [2.75, 3.05) is 13.1 Å². The number of amides is 2. The van der Waals surface area contributed by atoms with Gasteiger partial charge in [0, 0.05) is 13.1 Å². The molecule has 1 N–H and O–H groups in total. The van der Waals surface area contributed by atoms with E-state index in [1.54, 1.807) is 23.1 Å². The summed E-state index contributed by atoms with van der Waals surface area (Å²) >= 11 is 0. The molecule has 2 amide bonds. The van der Waals surface area contributed by atoms with Crippen molar-refractivity contribution in [3.8, 4) is 0 Å². The molecule has 0 bridgehead atoms. The average Bonchev–Trinajstić information content (AvgIpc) is 2.71. The third-order valence-electron chi connectivity index (χ3n) is 4.72. The second-order valence-corrected chi connectivity index (χ2v) is 6.81. The van der Waals surface area contributed by atoms with Crippen LogP contribution in [0.3, 0.4) is 0 Å². The van der Waals surface area contributed by atoms with Crippen molar-refractivity contribution in [2.45, 2.75) is 45.6 Å². The van der Waals surface area contributed by atoms with Gasteiger partial charge < -0.3 is 10.2 Å². The zero-order valence-electron chi connectivity index (χ0n) is 16.7. The molecule has 0 radical (unpaired) electrons. The van der Waals surface area contributed by atoms with Crippen LogP contribution in [0.2, 0.25) is 0 Å². The first-order valence-corrected chi connectivity index (χ1v) is 9.91. The number of carbonyl (C=O) groups excluding carboxylic acids is 2. The number of rotatable bonds is 10. The van der Waals surface area contributed by atoms with E-state index >= 15 is 0 Å². The summed E-state index contributed by atoms with van der Waals surface area (Å²) < 4.78 is 14.0. The third-order valence-corrected chi connectivity index (χ3v) is 4.72. The Bertz CT molecular complexity index is 764. The molecule has 1 atom stereocenters. The fourth-order valence-electron chi connectivity index (χ4n) is 3.17.